The maximum absolute atomic E-state index is 6.19. The van der Waals surface area contributed by atoms with Crippen molar-refractivity contribution in [1.29, 1.82) is 0 Å². The molecule has 1 unspecified atom stereocenters. The fourth-order valence-electron chi connectivity index (χ4n) is 2.20. The monoisotopic (exact) mass is 367 g/mol. The van der Waals surface area contributed by atoms with Crippen molar-refractivity contribution in [3.63, 3.8) is 0 Å². The lowest BCUT2D eigenvalue weighted by atomic mass is 10.2. The van der Waals surface area contributed by atoms with Gasteiger partial charge in [-0.25, -0.2) is 0 Å². The molecule has 5 heteroatoms. The predicted octanol–water partition coefficient (Wildman–Crippen LogP) is 4.03. The van der Waals surface area contributed by atoms with E-state index in [1.807, 2.05) is 42.5 Å². The number of rotatable bonds is 4. The summed E-state index contributed by atoms with van der Waals surface area (Å²) in [5.41, 5.74) is 1.07. The van der Waals surface area contributed by atoms with E-state index in [9.17, 15) is 0 Å². The molecule has 0 radical (unpaired) electrons. The van der Waals surface area contributed by atoms with E-state index in [4.69, 9.17) is 21.1 Å². The van der Waals surface area contributed by atoms with Crippen LogP contribution in [0.25, 0.3) is 0 Å². The largest absolute Gasteiger partial charge is 0.486 e. The van der Waals surface area contributed by atoms with E-state index in [1.54, 1.807) is 0 Å². The van der Waals surface area contributed by atoms with Crippen LogP contribution < -0.4 is 14.8 Å². The van der Waals surface area contributed by atoms with Crippen LogP contribution in [0.3, 0.4) is 0 Å². The summed E-state index contributed by atoms with van der Waals surface area (Å²) in [6.07, 6.45) is 0.00845. The summed E-state index contributed by atoms with van der Waals surface area (Å²) in [6.45, 7) is 1.96. The lowest BCUT2D eigenvalue weighted by molar-refractivity contribution is 0.0902. The third kappa shape index (κ3) is 3.70. The van der Waals surface area contributed by atoms with Crippen LogP contribution in [0.1, 0.15) is 5.56 Å². The molecule has 0 amide bonds. The van der Waals surface area contributed by atoms with Crippen LogP contribution in [0.15, 0.2) is 46.9 Å². The van der Waals surface area contributed by atoms with Gasteiger partial charge in [-0.1, -0.05) is 45.7 Å². The molecule has 3 nitrogen and oxygen atoms in total. The zero-order valence-electron chi connectivity index (χ0n) is 11.3. The molecule has 1 N–H and O–H groups in total. The number of fused-ring (bicyclic) bond motifs is 1. The molecule has 0 saturated heterocycles. The molecule has 3 rings (SSSR count). The highest BCUT2D eigenvalue weighted by Gasteiger charge is 2.19. The van der Waals surface area contributed by atoms with Gasteiger partial charge in [-0.05, 0) is 29.8 Å². The van der Waals surface area contributed by atoms with Gasteiger partial charge in [0.05, 0.1) is 0 Å². The van der Waals surface area contributed by atoms with Crippen LogP contribution in [0.2, 0.25) is 5.02 Å². The molecule has 2 aromatic rings. The standard InChI is InChI=1S/C16H15BrClNO2/c17-12-6-5-11(14(18)7-12)8-19-9-13-10-20-15-3-1-2-4-16(15)21-13/h1-7,13,19H,8-10H2. The van der Waals surface area contributed by atoms with Gasteiger partial charge in [-0.2, -0.15) is 0 Å². The molecule has 1 atom stereocenters. The van der Waals surface area contributed by atoms with Crippen LogP contribution in [-0.4, -0.2) is 19.3 Å². The van der Waals surface area contributed by atoms with Gasteiger partial charge in [0, 0.05) is 22.6 Å². The number of nitrogens with one attached hydrogen (secondary N) is 1. The first-order valence-electron chi connectivity index (χ1n) is 6.75. The molecule has 2 aromatic carbocycles. The maximum atomic E-state index is 6.19. The Morgan fingerprint density at radius 1 is 1.19 bits per heavy atom. The number of benzene rings is 2. The molecule has 0 aliphatic carbocycles. The molecule has 21 heavy (non-hydrogen) atoms. The number of para-hydroxylation sites is 2. The third-order valence-corrected chi connectivity index (χ3v) is 4.12. The summed E-state index contributed by atoms with van der Waals surface area (Å²) in [4.78, 5) is 0. The van der Waals surface area contributed by atoms with Gasteiger partial charge in [-0.3, -0.25) is 0 Å². The van der Waals surface area contributed by atoms with E-state index >= 15 is 0 Å². The summed E-state index contributed by atoms with van der Waals surface area (Å²) in [6, 6.07) is 13.6. The predicted molar refractivity (Wildman–Crippen MR) is 87.2 cm³/mol. The molecular formula is C16H15BrClNO2. The van der Waals surface area contributed by atoms with E-state index in [0.717, 1.165) is 26.6 Å². The normalized spacial score (nSPS) is 16.8. The topological polar surface area (TPSA) is 30.5 Å². The second kappa shape index (κ2) is 6.69. The van der Waals surface area contributed by atoms with Crippen LogP contribution >= 0.6 is 27.5 Å². The first kappa shape index (κ1) is 14.7. The fraction of sp³-hybridized carbons (Fsp3) is 0.250. The van der Waals surface area contributed by atoms with Crippen molar-refractivity contribution < 1.29 is 9.47 Å². The smallest absolute Gasteiger partial charge is 0.161 e. The highest BCUT2D eigenvalue weighted by atomic mass is 79.9. The fourth-order valence-corrected chi connectivity index (χ4v) is 2.94. The molecule has 0 fully saturated rings. The summed E-state index contributed by atoms with van der Waals surface area (Å²) >= 11 is 9.59. The Morgan fingerprint density at radius 2 is 2.00 bits per heavy atom. The second-order valence-electron chi connectivity index (χ2n) is 4.86. The van der Waals surface area contributed by atoms with E-state index < -0.39 is 0 Å². The highest BCUT2D eigenvalue weighted by molar-refractivity contribution is 9.10. The summed E-state index contributed by atoms with van der Waals surface area (Å²) in [5, 5.41) is 4.11. The summed E-state index contributed by atoms with van der Waals surface area (Å²) < 4.78 is 12.6. The number of hydrogen-bond acceptors (Lipinski definition) is 3. The van der Waals surface area contributed by atoms with Gasteiger partial charge in [0.25, 0.3) is 0 Å². The van der Waals surface area contributed by atoms with Crippen molar-refractivity contribution in [2.24, 2.45) is 0 Å². The Kier molecular flexibility index (Phi) is 4.68. The Hall–Kier alpha value is -1.23. The zero-order chi connectivity index (χ0) is 14.7. The second-order valence-corrected chi connectivity index (χ2v) is 6.19. The van der Waals surface area contributed by atoms with E-state index in [-0.39, 0.29) is 6.10 Å². The first-order chi connectivity index (χ1) is 10.2. The van der Waals surface area contributed by atoms with Gasteiger partial charge in [0.1, 0.15) is 12.7 Å². The molecule has 1 heterocycles. The number of hydrogen-bond donors (Lipinski definition) is 1. The van der Waals surface area contributed by atoms with Crippen molar-refractivity contribution in [2.75, 3.05) is 13.2 Å². The lowest BCUT2D eigenvalue weighted by Gasteiger charge is -2.26. The minimum absolute atomic E-state index is 0.00845. The van der Waals surface area contributed by atoms with Crippen molar-refractivity contribution >= 4 is 27.5 Å². The Bertz CT molecular complexity index is 635. The van der Waals surface area contributed by atoms with Crippen LogP contribution in [0, 0.1) is 0 Å². The lowest BCUT2D eigenvalue weighted by Crippen LogP contribution is -2.38. The molecule has 0 saturated carbocycles. The minimum Gasteiger partial charge on any atom is -0.486 e. The molecule has 1 aliphatic rings. The van der Waals surface area contributed by atoms with Crippen molar-refractivity contribution in [3.05, 3.63) is 57.5 Å². The van der Waals surface area contributed by atoms with Crippen molar-refractivity contribution in [2.45, 2.75) is 12.6 Å². The van der Waals surface area contributed by atoms with Gasteiger partial charge in [0.2, 0.25) is 0 Å². The van der Waals surface area contributed by atoms with E-state index in [2.05, 4.69) is 21.2 Å². The van der Waals surface area contributed by atoms with Gasteiger partial charge >= 0.3 is 0 Å². The molecule has 0 aromatic heterocycles. The quantitative estimate of drug-likeness (QED) is 0.884. The Labute approximate surface area is 137 Å². The van der Waals surface area contributed by atoms with Crippen LogP contribution in [-0.2, 0) is 6.54 Å². The Balaban J connectivity index is 1.52. The molecule has 0 bridgehead atoms. The summed E-state index contributed by atoms with van der Waals surface area (Å²) in [5.74, 6) is 1.61. The van der Waals surface area contributed by atoms with Gasteiger partial charge in [0.15, 0.2) is 11.5 Å². The van der Waals surface area contributed by atoms with Crippen molar-refractivity contribution in [1.82, 2.24) is 5.32 Å². The van der Waals surface area contributed by atoms with Crippen LogP contribution in [0.4, 0.5) is 0 Å². The first-order valence-corrected chi connectivity index (χ1v) is 7.92. The average Bonchev–Trinajstić information content (AvgIpc) is 2.49. The van der Waals surface area contributed by atoms with E-state index in [1.165, 1.54) is 0 Å². The average molecular weight is 369 g/mol. The SMILES string of the molecule is Clc1cc(Br)ccc1CNCC1COc2ccccc2O1. The zero-order valence-corrected chi connectivity index (χ0v) is 13.7. The molecular weight excluding hydrogens is 354 g/mol. The maximum Gasteiger partial charge on any atom is 0.161 e. The molecule has 110 valence electrons. The third-order valence-electron chi connectivity index (χ3n) is 3.27. The van der Waals surface area contributed by atoms with E-state index in [0.29, 0.717) is 19.7 Å². The molecule has 1 aliphatic heterocycles. The van der Waals surface area contributed by atoms with Crippen molar-refractivity contribution in [3.8, 4) is 11.5 Å². The number of ether oxygens (including phenoxy) is 2. The summed E-state index contributed by atoms with van der Waals surface area (Å²) in [7, 11) is 0. The molecule has 0 spiro atoms. The highest BCUT2D eigenvalue weighted by Crippen LogP contribution is 2.30. The Morgan fingerprint density at radius 3 is 2.81 bits per heavy atom. The van der Waals surface area contributed by atoms with Gasteiger partial charge < -0.3 is 14.8 Å². The minimum atomic E-state index is 0.00845. The van der Waals surface area contributed by atoms with Gasteiger partial charge in [-0.15, -0.1) is 0 Å². The van der Waals surface area contributed by atoms with Crippen LogP contribution in [0.5, 0.6) is 11.5 Å². The number of halogens is 2.